The van der Waals surface area contributed by atoms with E-state index in [1.54, 1.807) is 0 Å². The Morgan fingerprint density at radius 2 is 1.94 bits per heavy atom. The molecule has 0 radical (unpaired) electrons. The van der Waals surface area contributed by atoms with Crippen LogP contribution in [0.5, 0.6) is 0 Å². The van der Waals surface area contributed by atoms with Crippen LogP contribution in [0.1, 0.15) is 105 Å². The van der Waals surface area contributed by atoms with Crippen molar-refractivity contribution in [2.75, 3.05) is 18.0 Å². The molecule has 2 aliphatic heterocycles. The molecule has 0 amide bonds. The number of aromatic nitrogens is 2. The second kappa shape index (κ2) is 9.12. The molecule has 1 atom stereocenters. The Kier molecular flexibility index (Phi) is 6.24. The lowest BCUT2D eigenvalue weighted by Gasteiger charge is -2.33. The highest BCUT2D eigenvalue weighted by Gasteiger charge is 2.31. The van der Waals surface area contributed by atoms with Gasteiger partial charge in [0.15, 0.2) is 5.82 Å². The van der Waals surface area contributed by atoms with Gasteiger partial charge in [-0.25, -0.2) is 8.78 Å². The minimum absolute atomic E-state index is 0.246. The Labute approximate surface area is 190 Å². The Bertz CT molecular complexity index is 961. The van der Waals surface area contributed by atoms with Gasteiger partial charge in [0.2, 0.25) is 0 Å². The Morgan fingerprint density at radius 3 is 2.69 bits per heavy atom. The van der Waals surface area contributed by atoms with Gasteiger partial charge in [-0.2, -0.15) is 5.10 Å². The molecule has 174 valence electrons. The van der Waals surface area contributed by atoms with Gasteiger partial charge in [0, 0.05) is 54.6 Å². The molecular weight excluding hydrogens is 406 g/mol. The summed E-state index contributed by atoms with van der Waals surface area (Å²) >= 11 is 0. The zero-order chi connectivity index (χ0) is 22.2. The fourth-order valence-electron chi connectivity index (χ4n) is 5.96. The minimum Gasteiger partial charge on any atom is -0.324 e. The number of fused-ring (bicyclic) bond motifs is 2. The van der Waals surface area contributed by atoms with Crippen LogP contribution in [-0.2, 0) is 19.4 Å². The highest BCUT2D eigenvalue weighted by Crippen LogP contribution is 2.44. The van der Waals surface area contributed by atoms with Crippen LogP contribution in [-0.4, -0.2) is 22.9 Å². The van der Waals surface area contributed by atoms with E-state index in [0.29, 0.717) is 6.04 Å². The lowest BCUT2D eigenvalue weighted by Crippen LogP contribution is -2.29. The van der Waals surface area contributed by atoms with Crippen LogP contribution in [0.25, 0.3) is 0 Å². The third-order valence-electron chi connectivity index (χ3n) is 7.88. The van der Waals surface area contributed by atoms with E-state index in [-0.39, 0.29) is 11.5 Å². The molecule has 0 saturated heterocycles. The molecule has 1 aromatic heterocycles. The van der Waals surface area contributed by atoms with Gasteiger partial charge in [0.25, 0.3) is 6.43 Å². The third kappa shape index (κ3) is 3.85. The van der Waals surface area contributed by atoms with Gasteiger partial charge in [-0.05, 0) is 62.1 Å². The summed E-state index contributed by atoms with van der Waals surface area (Å²) in [6, 6.07) is 4.29. The van der Waals surface area contributed by atoms with Gasteiger partial charge in [-0.3, -0.25) is 4.68 Å². The summed E-state index contributed by atoms with van der Waals surface area (Å²) in [5, 5.41) is 8.58. The molecule has 1 fully saturated rings. The number of halogens is 2. The quantitative estimate of drug-likeness (QED) is 0.568. The van der Waals surface area contributed by atoms with Crippen LogP contribution in [0.15, 0.2) is 12.1 Å². The number of hydrogen-bond acceptors (Lipinski definition) is 3. The zero-order valence-electron chi connectivity index (χ0n) is 19.5. The Hall–Kier alpha value is -1.95. The van der Waals surface area contributed by atoms with E-state index < -0.39 is 6.43 Å². The maximum absolute atomic E-state index is 14.3. The first kappa shape index (κ1) is 21.9. The molecule has 1 unspecified atom stereocenters. The summed E-state index contributed by atoms with van der Waals surface area (Å²) in [6.07, 6.45) is 7.18. The number of nitrogens with zero attached hydrogens (tertiary/aromatic N) is 3. The summed E-state index contributed by atoms with van der Waals surface area (Å²) in [6.45, 7) is 7.01. The third-order valence-corrected chi connectivity index (χ3v) is 7.88. The number of nitrogens with one attached hydrogen (secondary N) is 1. The molecule has 1 N–H and O–H groups in total. The number of anilines is 2. The first-order valence-corrected chi connectivity index (χ1v) is 12.6. The van der Waals surface area contributed by atoms with E-state index in [2.05, 4.69) is 34.8 Å². The monoisotopic (exact) mass is 442 g/mol. The van der Waals surface area contributed by atoms with Crippen LogP contribution in [0.3, 0.4) is 0 Å². The predicted molar refractivity (Wildman–Crippen MR) is 125 cm³/mol. The Morgan fingerprint density at radius 1 is 1.12 bits per heavy atom. The molecule has 6 heteroatoms. The van der Waals surface area contributed by atoms with Crippen LogP contribution in [0.2, 0.25) is 0 Å². The first-order chi connectivity index (χ1) is 15.6. The maximum Gasteiger partial charge on any atom is 0.264 e. The van der Waals surface area contributed by atoms with Gasteiger partial charge in [0.05, 0.1) is 0 Å². The van der Waals surface area contributed by atoms with Crippen LogP contribution in [0, 0.1) is 0 Å². The van der Waals surface area contributed by atoms with Crippen LogP contribution in [0.4, 0.5) is 20.3 Å². The number of alkyl halides is 2. The van der Waals surface area contributed by atoms with Crippen molar-refractivity contribution in [3.8, 4) is 0 Å². The highest BCUT2D eigenvalue weighted by molar-refractivity contribution is 5.70. The largest absolute Gasteiger partial charge is 0.324 e. The lowest BCUT2D eigenvalue weighted by molar-refractivity contribution is 0.149. The molecular formula is C26H36F2N4. The standard InChI is InChI=1S/C26H36F2N4/c1-3-17(2)32-23-11-12-29-16-22(23)26(30-32)31-13-7-10-19-14-20(18-8-5-4-6-9-18)21(25(27)28)15-24(19)31/h14-15,17-18,25,29H,3-13,16H2,1-2H3. The van der Waals surface area contributed by atoms with Gasteiger partial charge in [0.1, 0.15) is 0 Å². The SMILES string of the molecule is CCC(C)n1nc(N2CCCc3cc(C4CCCCC4)c(C(F)F)cc32)c2c1CCNC2. The van der Waals surface area contributed by atoms with Crippen molar-refractivity contribution in [1.29, 1.82) is 0 Å². The number of rotatable bonds is 5. The van der Waals surface area contributed by atoms with Gasteiger partial charge >= 0.3 is 0 Å². The number of benzene rings is 1. The molecule has 4 nitrogen and oxygen atoms in total. The fraction of sp³-hybridized carbons (Fsp3) is 0.654. The summed E-state index contributed by atoms with van der Waals surface area (Å²) < 4.78 is 30.7. The van der Waals surface area contributed by atoms with E-state index >= 15 is 0 Å². The molecule has 1 aromatic carbocycles. The van der Waals surface area contributed by atoms with Crippen molar-refractivity contribution in [3.63, 3.8) is 0 Å². The molecule has 3 aliphatic rings. The van der Waals surface area contributed by atoms with E-state index in [1.165, 1.54) is 23.2 Å². The molecule has 1 aliphatic carbocycles. The smallest absolute Gasteiger partial charge is 0.264 e. The van der Waals surface area contributed by atoms with Crippen molar-refractivity contribution in [1.82, 2.24) is 15.1 Å². The van der Waals surface area contributed by atoms with E-state index in [1.807, 2.05) is 6.07 Å². The molecule has 1 saturated carbocycles. The van der Waals surface area contributed by atoms with Gasteiger partial charge < -0.3 is 10.2 Å². The van der Waals surface area contributed by atoms with Crippen molar-refractivity contribution in [2.24, 2.45) is 0 Å². The zero-order valence-corrected chi connectivity index (χ0v) is 19.5. The maximum atomic E-state index is 14.3. The summed E-state index contributed by atoms with van der Waals surface area (Å²) in [7, 11) is 0. The van der Waals surface area contributed by atoms with Crippen LogP contribution < -0.4 is 10.2 Å². The van der Waals surface area contributed by atoms with E-state index in [4.69, 9.17) is 5.10 Å². The van der Waals surface area contributed by atoms with Crippen LogP contribution >= 0.6 is 0 Å². The van der Waals surface area contributed by atoms with Crippen molar-refractivity contribution >= 4 is 11.5 Å². The molecule has 5 rings (SSSR count). The summed E-state index contributed by atoms with van der Waals surface area (Å²) in [5.41, 5.74) is 5.89. The normalized spacial score (nSPS) is 20.3. The van der Waals surface area contributed by atoms with Crippen molar-refractivity contribution in [3.05, 3.63) is 40.1 Å². The van der Waals surface area contributed by atoms with E-state index in [0.717, 1.165) is 88.1 Å². The second-order valence-electron chi connectivity index (χ2n) is 9.88. The molecule has 2 aromatic rings. The summed E-state index contributed by atoms with van der Waals surface area (Å²) in [4.78, 5) is 2.24. The van der Waals surface area contributed by atoms with Gasteiger partial charge in [-0.1, -0.05) is 32.3 Å². The number of aryl methyl sites for hydroxylation is 1. The molecule has 0 spiro atoms. The predicted octanol–water partition coefficient (Wildman–Crippen LogP) is 6.57. The van der Waals surface area contributed by atoms with E-state index in [9.17, 15) is 8.78 Å². The number of hydrogen-bond donors (Lipinski definition) is 1. The fourth-order valence-corrected chi connectivity index (χ4v) is 5.96. The Balaban J connectivity index is 1.59. The molecule has 0 bridgehead atoms. The molecule has 3 heterocycles. The lowest BCUT2D eigenvalue weighted by atomic mass is 9.80. The minimum atomic E-state index is -2.44. The van der Waals surface area contributed by atoms with Crippen molar-refractivity contribution < 1.29 is 8.78 Å². The first-order valence-electron chi connectivity index (χ1n) is 12.6. The summed E-state index contributed by atoms with van der Waals surface area (Å²) in [5.74, 6) is 1.26. The topological polar surface area (TPSA) is 33.1 Å². The highest BCUT2D eigenvalue weighted by atomic mass is 19.3. The van der Waals surface area contributed by atoms with Crippen molar-refractivity contribution in [2.45, 2.75) is 96.6 Å². The van der Waals surface area contributed by atoms with Gasteiger partial charge in [-0.15, -0.1) is 0 Å². The second-order valence-corrected chi connectivity index (χ2v) is 9.88. The average molecular weight is 443 g/mol. The molecule has 32 heavy (non-hydrogen) atoms. The average Bonchev–Trinajstić information content (AvgIpc) is 3.22.